The minimum absolute atomic E-state index is 0.201. The second kappa shape index (κ2) is 13.6. The van der Waals surface area contributed by atoms with Gasteiger partial charge in [0.1, 0.15) is 0 Å². The molecule has 7 nitrogen and oxygen atoms in total. The lowest BCUT2D eigenvalue weighted by Crippen LogP contribution is -2.48. The van der Waals surface area contributed by atoms with E-state index in [4.69, 9.17) is 4.74 Å². The lowest BCUT2D eigenvalue weighted by molar-refractivity contribution is -0.138. The third-order valence-electron chi connectivity index (χ3n) is 6.83. The third-order valence-corrected chi connectivity index (χ3v) is 6.83. The Morgan fingerprint density at radius 2 is 1.68 bits per heavy atom. The molecular weight excluding hydrogens is 502 g/mol. The number of rotatable bonds is 11. The molecule has 1 aliphatic rings. The fraction of sp³-hybridized carbons (Fsp3) is 0.303. The van der Waals surface area contributed by atoms with Crippen LogP contribution in [0.5, 0.6) is 0 Å². The molecule has 3 aromatic rings. The number of esters is 1. The van der Waals surface area contributed by atoms with Gasteiger partial charge in [0.25, 0.3) is 5.91 Å². The van der Waals surface area contributed by atoms with Crippen molar-refractivity contribution in [3.63, 3.8) is 0 Å². The number of hydrogen-bond acceptors (Lipinski definition) is 4. The summed E-state index contributed by atoms with van der Waals surface area (Å²) in [6, 6.07) is 23.2. The Morgan fingerprint density at radius 1 is 0.925 bits per heavy atom. The summed E-state index contributed by atoms with van der Waals surface area (Å²) < 4.78 is 5.49. The lowest BCUT2D eigenvalue weighted by Gasteiger charge is -2.37. The van der Waals surface area contributed by atoms with Crippen LogP contribution in [0.25, 0.3) is 5.70 Å². The van der Waals surface area contributed by atoms with Gasteiger partial charge >= 0.3 is 12.0 Å². The van der Waals surface area contributed by atoms with Crippen LogP contribution in [0, 0.1) is 0 Å². The van der Waals surface area contributed by atoms with Gasteiger partial charge in [-0.2, -0.15) is 0 Å². The van der Waals surface area contributed by atoms with Crippen molar-refractivity contribution in [3.8, 4) is 0 Å². The van der Waals surface area contributed by atoms with E-state index in [0.29, 0.717) is 41.1 Å². The molecule has 0 spiro atoms. The largest absolute Gasteiger partial charge is 0.463 e. The highest BCUT2D eigenvalue weighted by atomic mass is 16.5. The van der Waals surface area contributed by atoms with Gasteiger partial charge < -0.3 is 15.4 Å². The Bertz CT molecular complexity index is 1370. The maximum absolute atomic E-state index is 13.4. The second-order valence-corrected chi connectivity index (χ2v) is 9.76. The summed E-state index contributed by atoms with van der Waals surface area (Å²) in [5, 5.41) is 5.97. The van der Waals surface area contributed by atoms with Gasteiger partial charge in [-0.3, -0.25) is 9.69 Å². The number of benzene rings is 3. The Balaban J connectivity index is 1.70. The molecule has 1 atom stereocenters. The molecule has 0 saturated heterocycles. The minimum atomic E-state index is -0.760. The van der Waals surface area contributed by atoms with Crippen LogP contribution in [-0.2, 0) is 16.0 Å². The molecular formula is C33H37N3O4. The van der Waals surface area contributed by atoms with Gasteiger partial charge in [-0.1, -0.05) is 74.9 Å². The first-order valence-corrected chi connectivity index (χ1v) is 14.0. The number of nitrogens with zero attached hydrogens (tertiary/aromatic N) is 1. The van der Waals surface area contributed by atoms with Gasteiger partial charge in [-0.15, -0.1) is 0 Å². The number of unbranched alkanes of at least 4 members (excludes halogenated alkanes) is 1. The smallest absolute Gasteiger partial charge is 0.338 e. The Morgan fingerprint density at radius 3 is 2.35 bits per heavy atom. The van der Waals surface area contributed by atoms with Crippen molar-refractivity contribution in [2.45, 2.75) is 52.5 Å². The number of carbonyl (C=O) groups is 3. The summed E-state index contributed by atoms with van der Waals surface area (Å²) in [6.45, 7) is 6.54. The van der Waals surface area contributed by atoms with Crippen molar-refractivity contribution in [1.82, 2.24) is 10.2 Å². The predicted molar refractivity (Wildman–Crippen MR) is 158 cm³/mol. The van der Waals surface area contributed by atoms with Crippen LogP contribution in [-0.4, -0.2) is 36.0 Å². The molecule has 3 aromatic carbocycles. The quantitative estimate of drug-likeness (QED) is 0.265. The molecule has 4 rings (SSSR count). The highest BCUT2D eigenvalue weighted by Gasteiger charge is 2.38. The van der Waals surface area contributed by atoms with Crippen LogP contribution < -0.4 is 10.6 Å². The molecule has 1 aliphatic heterocycles. The molecule has 0 saturated carbocycles. The van der Waals surface area contributed by atoms with Crippen LogP contribution in [0.2, 0.25) is 0 Å². The van der Waals surface area contributed by atoms with Gasteiger partial charge in [0.15, 0.2) is 0 Å². The first kappa shape index (κ1) is 28.6. The zero-order valence-corrected chi connectivity index (χ0v) is 23.4. The van der Waals surface area contributed by atoms with Crippen molar-refractivity contribution < 1.29 is 19.1 Å². The standard InChI is InChI=1S/C33H37N3O4/c1-4-7-12-23-17-19-25(20-18-23)31(37)34-27-16-11-15-26(22-27)29-28(32(38)40-6-3)30(24-13-9-8-10-14-24)36(21-5-2)33(39)35-29/h8-11,13-20,22,29H,4-7,12,21H2,1-3H3,(H,34,37)(H,35,39). The van der Waals surface area contributed by atoms with E-state index in [1.807, 2.05) is 67.6 Å². The molecule has 3 amide bonds. The summed E-state index contributed by atoms with van der Waals surface area (Å²) in [7, 11) is 0. The summed E-state index contributed by atoms with van der Waals surface area (Å²) in [4.78, 5) is 41.4. The van der Waals surface area contributed by atoms with Gasteiger partial charge in [0.2, 0.25) is 0 Å². The van der Waals surface area contributed by atoms with Crippen molar-refractivity contribution in [1.29, 1.82) is 0 Å². The van der Waals surface area contributed by atoms with Crippen molar-refractivity contribution >= 4 is 29.3 Å². The fourth-order valence-electron chi connectivity index (χ4n) is 4.88. The molecule has 0 radical (unpaired) electrons. The monoisotopic (exact) mass is 539 g/mol. The number of aryl methyl sites for hydroxylation is 1. The number of nitrogens with one attached hydrogen (secondary N) is 2. The normalized spacial score (nSPS) is 15.0. The van der Waals surface area contributed by atoms with Crippen molar-refractivity contribution in [3.05, 3.63) is 107 Å². The summed E-state index contributed by atoms with van der Waals surface area (Å²) in [5.41, 5.74) is 4.63. The van der Waals surface area contributed by atoms with Gasteiger partial charge in [-0.25, -0.2) is 9.59 Å². The predicted octanol–water partition coefficient (Wildman–Crippen LogP) is 6.73. The second-order valence-electron chi connectivity index (χ2n) is 9.76. The third kappa shape index (κ3) is 6.60. The lowest BCUT2D eigenvalue weighted by atomic mass is 9.91. The highest BCUT2D eigenvalue weighted by Crippen LogP contribution is 2.37. The molecule has 2 N–H and O–H groups in total. The first-order chi connectivity index (χ1) is 19.5. The molecule has 0 fully saturated rings. The van der Waals surface area contributed by atoms with E-state index < -0.39 is 12.0 Å². The number of urea groups is 1. The summed E-state index contributed by atoms with van der Waals surface area (Å²) in [5.74, 6) is -0.725. The molecule has 0 bridgehead atoms. The highest BCUT2D eigenvalue weighted by molar-refractivity contribution is 6.05. The Hall–Kier alpha value is -4.39. The van der Waals surface area contributed by atoms with E-state index in [-0.39, 0.29) is 18.5 Å². The van der Waals surface area contributed by atoms with E-state index >= 15 is 0 Å². The molecule has 1 heterocycles. The van der Waals surface area contributed by atoms with Gasteiger partial charge in [0.05, 0.1) is 23.9 Å². The van der Waals surface area contributed by atoms with E-state index in [1.165, 1.54) is 5.56 Å². The zero-order valence-electron chi connectivity index (χ0n) is 23.4. The maximum Gasteiger partial charge on any atom is 0.338 e. The number of anilines is 1. The average molecular weight is 540 g/mol. The Kier molecular flexibility index (Phi) is 9.73. The van der Waals surface area contributed by atoms with E-state index in [9.17, 15) is 14.4 Å². The SMILES string of the molecule is CCCCc1ccc(C(=O)Nc2cccc(C3NC(=O)N(CCC)C(c4ccccc4)=C3C(=O)OCC)c2)cc1. The molecule has 7 heteroatoms. The Labute approximate surface area is 236 Å². The summed E-state index contributed by atoms with van der Waals surface area (Å²) in [6.07, 6.45) is 3.94. The van der Waals surface area contributed by atoms with Crippen LogP contribution in [0.15, 0.2) is 84.4 Å². The van der Waals surface area contributed by atoms with E-state index in [0.717, 1.165) is 24.8 Å². The number of carbonyl (C=O) groups excluding carboxylic acids is 3. The van der Waals surface area contributed by atoms with Crippen LogP contribution in [0.1, 0.15) is 73.1 Å². The topological polar surface area (TPSA) is 87.7 Å². The van der Waals surface area contributed by atoms with Crippen LogP contribution in [0.3, 0.4) is 0 Å². The molecule has 0 aliphatic carbocycles. The van der Waals surface area contributed by atoms with E-state index in [1.54, 1.807) is 30.0 Å². The average Bonchev–Trinajstić information content (AvgIpc) is 2.97. The van der Waals surface area contributed by atoms with Crippen LogP contribution >= 0.6 is 0 Å². The molecule has 208 valence electrons. The first-order valence-electron chi connectivity index (χ1n) is 14.0. The molecule has 0 aromatic heterocycles. The number of hydrogen-bond donors (Lipinski definition) is 2. The molecule has 40 heavy (non-hydrogen) atoms. The molecule has 1 unspecified atom stereocenters. The van der Waals surface area contributed by atoms with E-state index in [2.05, 4.69) is 17.6 Å². The van der Waals surface area contributed by atoms with Gasteiger partial charge in [-0.05, 0) is 67.1 Å². The fourth-order valence-corrected chi connectivity index (χ4v) is 4.88. The zero-order chi connectivity index (χ0) is 28.5. The van der Waals surface area contributed by atoms with Crippen molar-refractivity contribution in [2.24, 2.45) is 0 Å². The van der Waals surface area contributed by atoms with Gasteiger partial charge in [0, 0.05) is 17.8 Å². The minimum Gasteiger partial charge on any atom is -0.463 e. The summed E-state index contributed by atoms with van der Waals surface area (Å²) >= 11 is 0. The van der Waals surface area contributed by atoms with Crippen molar-refractivity contribution in [2.75, 3.05) is 18.5 Å². The maximum atomic E-state index is 13.4. The number of ether oxygens (including phenoxy) is 1. The number of amides is 3. The van der Waals surface area contributed by atoms with Crippen LogP contribution in [0.4, 0.5) is 10.5 Å².